The lowest BCUT2D eigenvalue weighted by Gasteiger charge is -2.28. The Morgan fingerprint density at radius 3 is 2.10 bits per heavy atom. The van der Waals surface area contributed by atoms with Crippen LogP contribution >= 0.6 is 0 Å². The molecule has 0 amide bonds. The van der Waals surface area contributed by atoms with Gasteiger partial charge in [-0.1, -0.05) is 42.5 Å². The van der Waals surface area contributed by atoms with Gasteiger partial charge in [0.1, 0.15) is 17.5 Å². The summed E-state index contributed by atoms with van der Waals surface area (Å²) >= 11 is 0. The molecule has 0 aliphatic rings. The van der Waals surface area contributed by atoms with Crippen molar-refractivity contribution < 1.29 is 28.2 Å². The maximum atomic E-state index is 13.5. The fraction of sp³-hybridized carbons (Fsp3) is 0.174. The summed E-state index contributed by atoms with van der Waals surface area (Å²) in [7, 11) is -2.67. The summed E-state index contributed by atoms with van der Waals surface area (Å²) in [6, 6.07) is 19.3. The van der Waals surface area contributed by atoms with E-state index in [1.165, 1.54) is 43.5 Å². The third-order valence-corrected chi connectivity index (χ3v) is 6.71. The van der Waals surface area contributed by atoms with Crippen molar-refractivity contribution in [3.8, 4) is 11.5 Å². The van der Waals surface area contributed by atoms with Crippen LogP contribution in [0.1, 0.15) is 11.1 Å². The molecule has 3 aromatic rings. The van der Waals surface area contributed by atoms with Gasteiger partial charge >= 0.3 is 5.97 Å². The molecule has 0 saturated heterocycles. The Morgan fingerprint density at radius 2 is 1.55 bits per heavy atom. The lowest BCUT2D eigenvalue weighted by Crippen LogP contribution is -2.45. The molecule has 0 heterocycles. The minimum atomic E-state index is -4.15. The van der Waals surface area contributed by atoms with Crippen molar-refractivity contribution in [2.45, 2.75) is 23.9 Å². The molecule has 8 heteroatoms. The van der Waals surface area contributed by atoms with Crippen molar-refractivity contribution in [2.24, 2.45) is 0 Å². The van der Waals surface area contributed by atoms with Crippen molar-refractivity contribution in [1.82, 2.24) is 4.31 Å². The van der Waals surface area contributed by atoms with E-state index in [1.54, 1.807) is 42.5 Å². The zero-order valence-electron chi connectivity index (χ0n) is 16.9. The molecular weight excluding hydrogens is 418 g/mol. The monoisotopic (exact) mass is 441 g/mol. The lowest BCUT2D eigenvalue weighted by atomic mass is 10.1. The number of benzene rings is 3. The molecule has 0 radical (unpaired) electrons. The second-order valence-electron chi connectivity index (χ2n) is 6.94. The number of carboxylic acids is 1. The van der Waals surface area contributed by atoms with Crippen LogP contribution < -0.4 is 4.74 Å². The number of methoxy groups -OCH3 is 1. The number of carboxylic acid groups (broad SMARTS) is 1. The summed E-state index contributed by atoms with van der Waals surface area (Å²) in [6.07, 6.45) is -0.0577. The Balaban J connectivity index is 2.04. The van der Waals surface area contributed by atoms with Crippen LogP contribution in [0.4, 0.5) is 0 Å². The van der Waals surface area contributed by atoms with E-state index in [-0.39, 0.29) is 23.6 Å². The molecule has 1 atom stereocenters. The number of ether oxygens (including phenoxy) is 1. The fourth-order valence-corrected chi connectivity index (χ4v) is 4.75. The van der Waals surface area contributed by atoms with E-state index in [1.807, 2.05) is 0 Å². The van der Waals surface area contributed by atoms with Crippen molar-refractivity contribution >= 4 is 16.0 Å². The van der Waals surface area contributed by atoms with Gasteiger partial charge in [-0.25, -0.2) is 8.42 Å². The molecule has 0 aliphatic heterocycles. The first-order valence-electron chi connectivity index (χ1n) is 9.52. The van der Waals surface area contributed by atoms with Crippen LogP contribution in [-0.2, 0) is 27.8 Å². The standard InChI is InChI=1S/C23H23NO6S/c1-30-20-11-13-21(14-12-20)31(28,29)24(16-18-5-3-2-4-6-18)22(23(26)27)15-17-7-9-19(25)10-8-17/h2-14,22,25H,15-16H2,1H3,(H,26,27). The first kappa shape index (κ1) is 22.3. The third-order valence-electron chi connectivity index (χ3n) is 4.85. The minimum absolute atomic E-state index is 0.0267. The van der Waals surface area contributed by atoms with Gasteiger partial charge in [-0.2, -0.15) is 4.31 Å². The highest BCUT2D eigenvalue weighted by Crippen LogP contribution is 2.25. The molecule has 0 aromatic heterocycles. The average molecular weight is 442 g/mol. The summed E-state index contributed by atoms with van der Waals surface area (Å²) in [5.74, 6) is -0.726. The minimum Gasteiger partial charge on any atom is -0.508 e. The maximum Gasteiger partial charge on any atom is 0.322 e. The molecule has 3 aromatic carbocycles. The van der Waals surface area contributed by atoms with E-state index in [4.69, 9.17) is 4.74 Å². The number of aliphatic carboxylic acids is 1. The molecular formula is C23H23NO6S. The summed E-state index contributed by atoms with van der Waals surface area (Å²) in [5, 5.41) is 19.4. The molecule has 1 unspecified atom stereocenters. The van der Waals surface area contributed by atoms with Crippen LogP contribution in [0.15, 0.2) is 83.8 Å². The van der Waals surface area contributed by atoms with Gasteiger partial charge in [0.25, 0.3) is 0 Å². The molecule has 3 rings (SSSR count). The van der Waals surface area contributed by atoms with Gasteiger partial charge in [0, 0.05) is 6.54 Å². The van der Waals surface area contributed by atoms with E-state index in [2.05, 4.69) is 0 Å². The smallest absolute Gasteiger partial charge is 0.322 e. The predicted octanol–water partition coefficient (Wildman–Crippen LogP) is 3.29. The highest BCUT2D eigenvalue weighted by atomic mass is 32.2. The van der Waals surface area contributed by atoms with Gasteiger partial charge in [0.2, 0.25) is 10.0 Å². The second-order valence-corrected chi connectivity index (χ2v) is 8.83. The van der Waals surface area contributed by atoms with Crippen LogP contribution in [-0.4, -0.2) is 42.1 Å². The summed E-state index contributed by atoms with van der Waals surface area (Å²) in [6.45, 7) is -0.107. The first-order valence-corrected chi connectivity index (χ1v) is 11.0. The number of nitrogens with zero attached hydrogens (tertiary/aromatic N) is 1. The van der Waals surface area contributed by atoms with Gasteiger partial charge in [-0.15, -0.1) is 0 Å². The van der Waals surface area contributed by atoms with Gasteiger partial charge in [-0.05, 0) is 53.9 Å². The van der Waals surface area contributed by atoms with Crippen molar-refractivity contribution in [1.29, 1.82) is 0 Å². The van der Waals surface area contributed by atoms with Crippen molar-refractivity contribution in [2.75, 3.05) is 7.11 Å². The number of carbonyl (C=O) groups is 1. The van der Waals surface area contributed by atoms with Crippen LogP contribution in [0.25, 0.3) is 0 Å². The highest BCUT2D eigenvalue weighted by molar-refractivity contribution is 7.89. The van der Waals surface area contributed by atoms with E-state index < -0.39 is 22.0 Å². The van der Waals surface area contributed by atoms with Gasteiger partial charge in [-0.3, -0.25) is 4.79 Å². The van der Waals surface area contributed by atoms with Gasteiger partial charge in [0.15, 0.2) is 0 Å². The molecule has 0 bridgehead atoms. The third kappa shape index (κ3) is 5.42. The number of hydrogen-bond acceptors (Lipinski definition) is 5. The normalized spacial score (nSPS) is 12.5. The molecule has 0 aliphatic carbocycles. The summed E-state index contributed by atoms with van der Waals surface area (Å²) in [4.78, 5) is 12.2. The van der Waals surface area contributed by atoms with Crippen LogP contribution in [0.3, 0.4) is 0 Å². The molecule has 2 N–H and O–H groups in total. The molecule has 0 spiro atoms. The Hall–Kier alpha value is -3.36. The number of aromatic hydroxyl groups is 1. The van der Waals surface area contributed by atoms with Crippen molar-refractivity contribution in [3.63, 3.8) is 0 Å². The number of hydrogen-bond donors (Lipinski definition) is 2. The Labute approximate surface area is 181 Å². The topological polar surface area (TPSA) is 104 Å². The molecule has 31 heavy (non-hydrogen) atoms. The summed E-state index contributed by atoms with van der Waals surface area (Å²) in [5.41, 5.74) is 1.25. The Morgan fingerprint density at radius 1 is 0.935 bits per heavy atom. The van der Waals surface area contributed by atoms with Crippen LogP contribution in [0.5, 0.6) is 11.5 Å². The van der Waals surface area contributed by atoms with E-state index in [0.29, 0.717) is 16.9 Å². The number of phenolic OH excluding ortho intramolecular Hbond substituents is 1. The number of sulfonamides is 1. The van der Waals surface area contributed by atoms with Gasteiger partial charge < -0.3 is 14.9 Å². The SMILES string of the molecule is COc1ccc(S(=O)(=O)N(Cc2ccccc2)C(Cc2ccc(O)cc2)C(=O)O)cc1. The summed E-state index contributed by atoms with van der Waals surface area (Å²) < 4.78 is 33.1. The molecule has 7 nitrogen and oxygen atoms in total. The highest BCUT2D eigenvalue weighted by Gasteiger charge is 2.36. The van der Waals surface area contributed by atoms with Crippen LogP contribution in [0.2, 0.25) is 0 Å². The molecule has 0 fully saturated rings. The average Bonchev–Trinajstić information content (AvgIpc) is 2.78. The fourth-order valence-electron chi connectivity index (χ4n) is 3.18. The van der Waals surface area contributed by atoms with Crippen molar-refractivity contribution in [3.05, 3.63) is 90.0 Å². The van der Waals surface area contributed by atoms with E-state index >= 15 is 0 Å². The number of rotatable bonds is 9. The zero-order chi connectivity index (χ0) is 22.4. The lowest BCUT2D eigenvalue weighted by molar-refractivity contribution is -0.141. The molecule has 162 valence electrons. The quantitative estimate of drug-likeness (QED) is 0.528. The Kier molecular flexibility index (Phi) is 6.94. The largest absolute Gasteiger partial charge is 0.508 e. The second kappa shape index (κ2) is 9.63. The number of phenols is 1. The molecule has 0 saturated carbocycles. The Bertz CT molecular complexity index is 1110. The van der Waals surface area contributed by atoms with E-state index in [9.17, 15) is 23.4 Å². The van der Waals surface area contributed by atoms with Crippen LogP contribution in [0, 0.1) is 0 Å². The van der Waals surface area contributed by atoms with Gasteiger partial charge in [0.05, 0.1) is 12.0 Å². The first-order chi connectivity index (χ1) is 14.8. The van der Waals surface area contributed by atoms with E-state index in [0.717, 1.165) is 4.31 Å². The zero-order valence-corrected chi connectivity index (χ0v) is 17.7. The maximum absolute atomic E-state index is 13.5. The predicted molar refractivity (Wildman–Crippen MR) is 115 cm³/mol.